The van der Waals surface area contributed by atoms with Crippen LogP contribution in [-0.4, -0.2) is 53.5 Å². The van der Waals surface area contributed by atoms with Gasteiger partial charge in [0, 0.05) is 19.5 Å². The minimum atomic E-state index is -4.42. The van der Waals surface area contributed by atoms with E-state index in [-0.39, 0.29) is 6.10 Å². The summed E-state index contributed by atoms with van der Waals surface area (Å²) in [7, 11) is 1.76. The highest BCUT2D eigenvalue weighted by molar-refractivity contribution is 6.03. The molecule has 0 aliphatic carbocycles. The van der Waals surface area contributed by atoms with Crippen molar-refractivity contribution in [3.63, 3.8) is 0 Å². The molecule has 3 heterocycles. The number of ether oxygens (including phenoxy) is 1. The number of dihydropyridines is 1. The fourth-order valence-corrected chi connectivity index (χ4v) is 2.69. The van der Waals surface area contributed by atoms with Crippen molar-refractivity contribution in [2.75, 3.05) is 7.05 Å². The van der Waals surface area contributed by atoms with Gasteiger partial charge >= 0.3 is 6.18 Å². The van der Waals surface area contributed by atoms with Crippen molar-refractivity contribution in [2.45, 2.75) is 38.3 Å². The zero-order valence-electron chi connectivity index (χ0n) is 13.4. The Morgan fingerprint density at radius 2 is 2.04 bits per heavy atom. The van der Waals surface area contributed by atoms with E-state index in [4.69, 9.17) is 4.74 Å². The number of alkyl halides is 3. The molecule has 2 aliphatic rings. The molecule has 0 radical (unpaired) electrons. The van der Waals surface area contributed by atoms with E-state index < -0.39 is 24.0 Å². The van der Waals surface area contributed by atoms with Gasteiger partial charge in [-0.05, 0) is 26.0 Å². The first-order chi connectivity index (χ1) is 11.3. The number of fused-ring (bicyclic) bond motifs is 1. The molecule has 2 atom stereocenters. The van der Waals surface area contributed by atoms with E-state index in [1.807, 2.05) is 13.8 Å². The number of nitrogens with zero attached hydrogens (tertiary/aromatic N) is 4. The summed E-state index contributed by atoms with van der Waals surface area (Å²) in [5.41, 5.74) is -0.0803. The molecule has 3 rings (SSSR count). The average molecular weight is 338 g/mol. The second-order valence-electron chi connectivity index (χ2n) is 5.90. The van der Waals surface area contributed by atoms with Gasteiger partial charge in [0.2, 0.25) is 0 Å². The lowest BCUT2D eigenvalue weighted by Crippen LogP contribution is -2.37. The topological polar surface area (TPSA) is 50.1 Å². The summed E-state index contributed by atoms with van der Waals surface area (Å²) >= 11 is 0. The van der Waals surface area contributed by atoms with Crippen LogP contribution in [0.4, 0.5) is 13.2 Å². The highest BCUT2D eigenvalue weighted by atomic mass is 19.4. The van der Waals surface area contributed by atoms with E-state index in [0.29, 0.717) is 17.1 Å². The van der Waals surface area contributed by atoms with Crippen LogP contribution in [0.25, 0.3) is 0 Å². The minimum Gasteiger partial charge on any atom is -0.489 e. The largest absolute Gasteiger partial charge is 0.489 e. The summed E-state index contributed by atoms with van der Waals surface area (Å²) in [6.45, 7) is 3.78. The van der Waals surface area contributed by atoms with Crippen molar-refractivity contribution in [1.82, 2.24) is 9.88 Å². The normalized spacial score (nSPS) is 23.2. The van der Waals surface area contributed by atoms with Gasteiger partial charge in [-0.3, -0.25) is 15.0 Å². The van der Waals surface area contributed by atoms with Crippen LogP contribution in [0, 0.1) is 0 Å². The lowest BCUT2D eigenvalue weighted by atomic mass is 10.1. The fourth-order valence-electron chi connectivity index (χ4n) is 2.69. The maximum atomic E-state index is 12.9. The third-order valence-corrected chi connectivity index (χ3v) is 3.74. The molecule has 0 saturated carbocycles. The highest BCUT2D eigenvalue weighted by Gasteiger charge is 2.41. The fraction of sp³-hybridized carbons (Fsp3) is 0.438. The molecule has 0 aromatic carbocycles. The third kappa shape index (κ3) is 3.00. The summed E-state index contributed by atoms with van der Waals surface area (Å²) in [6, 6.07) is 1.06. The van der Waals surface area contributed by atoms with E-state index in [1.54, 1.807) is 30.4 Å². The Kier molecular flexibility index (Phi) is 4.06. The van der Waals surface area contributed by atoms with Crippen LogP contribution in [0.1, 0.15) is 19.4 Å². The molecule has 5 nitrogen and oxygen atoms in total. The van der Waals surface area contributed by atoms with Crippen LogP contribution in [-0.2, 0) is 0 Å². The molecule has 8 heteroatoms. The number of aromatic nitrogens is 1. The quantitative estimate of drug-likeness (QED) is 0.851. The Morgan fingerprint density at radius 1 is 1.29 bits per heavy atom. The molecule has 2 unspecified atom stereocenters. The predicted octanol–water partition coefficient (Wildman–Crippen LogP) is 2.83. The van der Waals surface area contributed by atoms with Crippen molar-refractivity contribution >= 4 is 12.1 Å². The molecule has 128 valence electrons. The number of likely N-dealkylation sites (N-methyl/N-ethyl adjacent to an activating group) is 1. The standard InChI is InChI=1S/C16H17F3N4O/c1-9(2)24-13-8-20-5-4-11(13)14-22-12-6-10(16(17,18)19)7-21-15(12)23(14)3/h4-9,12,15H,1-3H3. The zero-order valence-corrected chi connectivity index (χ0v) is 13.4. The van der Waals surface area contributed by atoms with Gasteiger partial charge in [0.05, 0.1) is 23.4 Å². The maximum absolute atomic E-state index is 12.9. The van der Waals surface area contributed by atoms with Gasteiger partial charge in [0.25, 0.3) is 0 Å². The molecule has 2 aliphatic heterocycles. The lowest BCUT2D eigenvalue weighted by Gasteiger charge is -2.25. The van der Waals surface area contributed by atoms with E-state index in [0.717, 1.165) is 12.3 Å². The average Bonchev–Trinajstić information content (AvgIpc) is 2.83. The van der Waals surface area contributed by atoms with Crippen molar-refractivity contribution in [1.29, 1.82) is 0 Å². The Hall–Kier alpha value is -2.38. The summed E-state index contributed by atoms with van der Waals surface area (Å²) in [6.07, 6.45) is 0.200. The van der Waals surface area contributed by atoms with Crippen LogP contribution in [0.3, 0.4) is 0 Å². The van der Waals surface area contributed by atoms with Crippen LogP contribution in [0.15, 0.2) is 40.1 Å². The van der Waals surface area contributed by atoms with Crippen molar-refractivity contribution in [3.8, 4) is 5.75 Å². The SMILES string of the molecule is CC(C)Oc1cnccc1C1=NC2C=C(C(F)(F)F)C=NC2N1C. The number of amidine groups is 1. The molecule has 0 N–H and O–H groups in total. The van der Waals surface area contributed by atoms with Gasteiger partial charge in [0.15, 0.2) is 0 Å². The minimum absolute atomic E-state index is 0.0581. The van der Waals surface area contributed by atoms with Gasteiger partial charge in [-0.2, -0.15) is 13.2 Å². The molecule has 1 aromatic heterocycles. The molecular weight excluding hydrogens is 321 g/mol. The first-order valence-corrected chi connectivity index (χ1v) is 7.51. The monoisotopic (exact) mass is 338 g/mol. The van der Waals surface area contributed by atoms with Crippen LogP contribution >= 0.6 is 0 Å². The molecule has 0 bridgehead atoms. The van der Waals surface area contributed by atoms with E-state index in [9.17, 15) is 13.2 Å². The van der Waals surface area contributed by atoms with Gasteiger partial charge < -0.3 is 9.64 Å². The predicted molar refractivity (Wildman–Crippen MR) is 84.5 cm³/mol. The highest BCUT2D eigenvalue weighted by Crippen LogP contribution is 2.33. The summed E-state index contributed by atoms with van der Waals surface area (Å²) in [5.74, 6) is 1.08. The molecule has 0 saturated heterocycles. The van der Waals surface area contributed by atoms with Gasteiger partial charge in [-0.1, -0.05) is 0 Å². The molecule has 24 heavy (non-hydrogen) atoms. The number of rotatable bonds is 3. The number of hydrogen-bond acceptors (Lipinski definition) is 5. The summed E-state index contributed by atoms with van der Waals surface area (Å²) < 4.78 is 44.4. The zero-order chi connectivity index (χ0) is 17.5. The number of aliphatic imine (C=N–C) groups is 2. The number of allylic oxidation sites excluding steroid dienone is 1. The number of hydrogen-bond donors (Lipinski definition) is 0. The summed E-state index contributed by atoms with van der Waals surface area (Å²) in [5, 5.41) is 0. The van der Waals surface area contributed by atoms with Crippen molar-refractivity contribution in [3.05, 3.63) is 35.7 Å². The second-order valence-corrected chi connectivity index (χ2v) is 5.90. The van der Waals surface area contributed by atoms with Crippen LogP contribution in [0.5, 0.6) is 5.75 Å². The Balaban J connectivity index is 1.97. The number of halogens is 3. The second kappa shape index (κ2) is 5.92. The van der Waals surface area contributed by atoms with E-state index >= 15 is 0 Å². The van der Waals surface area contributed by atoms with Gasteiger partial charge in [-0.25, -0.2) is 0 Å². The molecule has 1 aromatic rings. The van der Waals surface area contributed by atoms with E-state index in [2.05, 4.69) is 15.0 Å². The molecule has 0 amide bonds. The molecular formula is C16H17F3N4O. The van der Waals surface area contributed by atoms with Crippen molar-refractivity contribution < 1.29 is 17.9 Å². The first-order valence-electron chi connectivity index (χ1n) is 7.51. The molecule has 0 spiro atoms. The number of pyridine rings is 1. The maximum Gasteiger partial charge on any atom is 0.417 e. The Morgan fingerprint density at radius 3 is 2.71 bits per heavy atom. The van der Waals surface area contributed by atoms with Gasteiger partial charge in [-0.15, -0.1) is 0 Å². The lowest BCUT2D eigenvalue weighted by molar-refractivity contribution is -0.0862. The van der Waals surface area contributed by atoms with Crippen LogP contribution in [0.2, 0.25) is 0 Å². The Labute approximate surface area is 137 Å². The smallest absolute Gasteiger partial charge is 0.417 e. The first kappa shape index (κ1) is 16.5. The van der Waals surface area contributed by atoms with E-state index in [1.165, 1.54) is 0 Å². The van der Waals surface area contributed by atoms with Crippen LogP contribution < -0.4 is 4.74 Å². The Bertz CT molecular complexity index is 724. The summed E-state index contributed by atoms with van der Waals surface area (Å²) in [4.78, 5) is 14.3. The van der Waals surface area contributed by atoms with Crippen molar-refractivity contribution in [2.24, 2.45) is 9.98 Å². The molecule has 0 fully saturated rings. The third-order valence-electron chi connectivity index (χ3n) is 3.74. The van der Waals surface area contributed by atoms with Gasteiger partial charge in [0.1, 0.15) is 23.8 Å².